The molecule has 0 aliphatic heterocycles. The molecule has 1 amide bonds. The molecule has 23 heavy (non-hydrogen) atoms. The van der Waals surface area contributed by atoms with E-state index in [0.29, 0.717) is 24.0 Å². The molecule has 0 bridgehead atoms. The van der Waals surface area contributed by atoms with Crippen LogP contribution in [0, 0.1) is 12.8 Å². The van der Waals surface area contributed by atoms with Crippen LogP contribution in [-0.4, -0.2) is 32.0 Å². The first-order valence-corrected chi connectivity index (χ1v) is 7.84. The normalized spacial score (nSPS) is 14.5. The van der Waals surface area contributed by atoms with Gasteiger partial charge in [0.25, 0.3) is 5.91 Å². The van der Waals surface area contributed by atoms with Gasteiger partial charge in [-0.05, 0) is 37.8 Å². The third-order valence-corrected chi connectivity index (χ3v) is 4.25. The molecule has 1 aliphatic rings. The maximum atomic E-state index is 12.0. The van der Waals surface area contributed by atoms with E-state index in [9.17, 15) is 4.79 Å². The molecule has 1 aliphatic carbocycles. The van der Waals surface area contributed by atoms with Crippen molar-refractivity contribution in [2.24, 2.45) is 13.0 Å². The first-order chi connectivity index (χ1) is 11.1. The SMILES string of the molecule is Cc1nn(C)c2cnn(Cc3ccc(C(=O)NCC4CC4)o3)c12. The van der Waals surface area contributed by atoms with Crippen molar-refractivity contribution in [3.63, 3.8) is 0 Å². The minimum Gasteiger partial charge on any atom is -0.454 e. The standard InChI is InChI=1S/C16H19N5O2/c1-10-15-13(20(2)19-10)8-18-21(15)9-12-5-6-14(23-12)16(22)17-7-11-3-4-11/h5-6,8,11H,3-4,7,9H2,1-2H3,(H,17,22). The second kappa shape index (κ2) is 5.26. The molecular weight excluding hydrogens is 294 g/mol. The number of nitrogens with one attached hydrogen (secondary N) is 1. The number of amides is 1. The molecule has 1 N–H and O–H groups in total. The molecule has 1 saturated carbocycles. The summed E-state index contributed by atoms with van der Waals surface area (Å²) in [7, 11) is 1.90. The first-order valence-electron chi connectivity index (χ1n) is 7.84. The highest BCUT2D eigenvalue weighted by Crippen LogP contribution is 2.27. The Morgan fingerprint density at radius 3 is 3.04 bits per heavy atom. The van der Waals surface area contributed by atoms with Gasteiger partial charge >= 0.3 is 0 Å². The van der Waals surface area contributed by atoms with Crippen LogP contribution in [-0.2, 0) is 13.6 Å². The number of furan rings is 1. The van der Waals surface area contributed by atoms with E-state index in [1.54, 1.807) is 12.3 Å². The van der Waals surface area contributed by atoms with Crippen molar-refractivity contribution >= 4 is 16.9 Å². The second-order valence-corrected chi connectivity index (χ2v) is 6.16. The highest BCUT2D eigenvalue weighted by atomic mass is 16.4. The van der Waals surface area contributed by atoms with Crippen LogP contribution in [0.1, 0.15) is 34.9 Å². The van der Waals surface area contributed by atoms with E-state index in [4.69, 9.17) is 4.42 Å². The smallest absolute Gasteiger partial charge is 0.287 e. The van der Waals surface area contributed by atoms with E-state index < -0.39 is 0 Å². The fourth-order valence-corrected chi connectivity index (χ4v) is 2.81. The summed E-state index contributed by atoms with van der Waals surface area (Å²) in [5.41, 5.74) is 2.90. The van der Waals surface area contributed by atoms with Gasteiger partial charge in [-0.3, -0.25) is 14.2 Å². The Kier molecular flexibility index (Phi) is 3.21. The fourth-order valence-electron chi connectivity index (χ4n) is 2.81. The molecule has 0 saturated heterocycles. The average molecular weight is 313 g/mol. The van der Waals surface area contributed by atoms with Crippen molar-refractivity contribution in [1.29, 1.82) is 0 Å². The van der Waals surface area contributed by atoms with Crippen LogP contribution in [0.5, 0.6) is 0 Å². The Labute approximate surface area is 133 Å². The molecule has 0 radical (unpaired) electrons. The van der Waals surface area contributed by atoms with Crippen molar-refractivity contribution in [2.75, 3.05) is 6.54 Å². The number of aryl methyl sites for hydroxylation is 2. The van der Waals surface area contributed by atoms with Gasteiger partial charge in [0, 0.05) is 13.6 Å². The summed E-state index contributed by atoms with van der Waals surface area (Å²) < 4.78 is 9.33. The zero-order chi connectivity index (χ0) is 16.0. The maximum absolute atomic E-state index is 12.0. The quantitative estimate of drug-likeness (QED) is 0.780. The predicted octanol–water partition coefficient (Wildman–Crippen LogP) is 1.86. The Morgan fingerprint density at radius 1 is 1.43 bits per heavy atom. The maximum Gasteiger partial charge on any atom is 0.287 e. The van der Waals surface area contributed by atoms with Crippen molar-refractivity contribution in [2.45, 2.75) is 26.3 Å². The van der Waals surface area contributed by atoms with E-state index in [2.05, 4.69) is 15.5 Å². The molecule has 7 nitrogen and oxygen atoms in total. The van der Waals surface area contributed by atoms with Gasteiger partial charge in [0.2, 0.25) is 0 Å². The summed E-state index contributed by atoms with van der Waals surface area (Å²) in [4.78, 5) is 12.0. The van der Waals surface area contributed by atoms with E-state index in [0.717, 1.165) is 23.3 Å². The Hall–Kier alpha value is -2.57. The highest BCUT2D eigenvalue weighted by Gasteiger charge is 2.22. The number of carbonyl (C=O) groups is 1. The number of aromatic nitrogens is 4. The number of carbonyl (C=O) groups excluding carboxylic acids is 1. The van der Waals surface area contributed by atoms with Gasteiger partial charge in [0.15, 0.2) is 5.76 Å². The number of hydrogen-bond acceptors (Lipinski definition) is 4. The van der Waals surface area contributed by atoms with Gasteiger partial charge in [-0.1, -0.05) is 0 Å². The molecule has 4 rings (SSSR count). The van der Waals surface area contributed by atoms with E-state index in [1.165, 1.54) is 12.8 Å². The second-order valence-electron chi connectivity index (χ2n) is 6.16. The zero-order valence-electron chi connectivity index (χ0n) is 13.2. The fraction of sp³-hybridized carbons (Fsp3) is 0.438. The van der Waals surface area contributed by atoms with Crippen LogP contribution < -0.4 is 5.32 Å². The highest BCUT2D eigenvalue weighted by molar-refractivity contribution is 5.91. The lowest BCUT2D eigenvalue weighted by Crippen LogP contribution is -2.25. The molecule has 120 valence electrons. The van der Waals surface area contributed by atoms with E-state index >= 15 is 0 Å². The van der Waals surface area contributed by atoms with Crippen molar-refractivity contribution in [1.82, 2.24) is 24.9 Å². The molecule has 3 aromatic rings. The lowest BCUT2D eigenvalue weighted by molar-refractivity contribution is 0.0922. The van der Waals surface area contributed by atoms with Crippen LogP contribution in [0.25, 0.3) is 11.0 Å². The summed E-state index contributed by atoms with van der Waals surface area (Å²) in [6, 6.07) is 3.54. The largest absolute Gasteiger partial charge is 0.454 e. The van der Waals surface area contributed by atoms with Crippen molar-refractivity contribution in [3.8, 4) is 0 Å². The summed E-state index contributed by atoms with van der Waals surface area (Å²) in [5.74, 6) is 1.56. The zero-order valence-corrected chi connectivity index (χ0v) is 13.2. The minimum absolute atomic E-state index is 0.147. The molecule has 0 atom stereocenters. The molecular formula is C16H19N5O2. The summed E-state index contributed by atoms with van der Waals surface area (Å²) >= 11 is 0. The van der Waals surface area contributed by atoms with Gasteiger partial charge in [-0.25, -0.2) is 0 Å². The van der Waals surface area contributed by atoms with Crippen molar-refractivity contribution in [3.05, 3.63) is 35.5 Å². The van der Waals surface area contributed by atoms with Crippen LogP contribution >= 0.6 is 0 Å². The number of fused-ring (bicyclic) bond motifs is 1. The van der Waals surface area contributed by atoms with E-state index in [1.807, 2.05) is 29.4 Å². The van der Waals surface area contributed by atoms with Crippen LogP contribution in [0.4, 0.5) is 0 Å². The van der Waals surface area contributed by atoms with Gasteiger partial charge in [0.05, 0.1) is 18.4 Å². The van der Waals surface area contributed by atoms with Crippen molar-refractivity contribution < 1.29 is 9.21 Å². The van der Waals surface area contributed by atoms with Crippen LogP contribution in [0.15, 0.2) is 22.7 Å². The number of hydrogen-bond donors (Lipinski definition) is 1. The third-order valence-electron chi connectivity index (χ3n) is 4.25. The first kappa shape index (κ1) is 14.0. The molecule has 3 heterocycles. The molecule has 0 spiro atoms. The molecule has 1 fully saturated rings. The Balaban J connectivity index is 1.51. The minimum atomic E-state index is -0.147. The van der Waals surface area contributed by atoms with Gasteiger partial charge in [0.1, 0.15) is 16.8 Å². The van der Waals surface area contributed by atoms with E-state index in [-0.39, 0.29) is 5.91 Å². The Bertz CT molecular complexity index is 868. The summed E-state index contributed by atoms with van der Waals surface area (Å²) in [6.45, 7) is 3.18. The predicted molar refractivity (Wildman–Crippen MR) is 84.1 cm³/mol. The van der Waals surface area contributed by atoms with Gasteiger partial charge < -0.3 is 9.73 Å². The number of nitrogens with zero attached hydrogens (tertiary/aromatic N) is 4. The molecule has 7 heteroatoms. The summed E-state index contributed by atoms with van der Waals surface area (Å²) in [5, 5.41) is 11.7. The molecule has 0 unspecified atom stereocenters. The summed E-state index contributed by atoms with van der Waals surface area (Å²) in [6.07, 6.45) is 4.22. The topological polar surface area (TPSA) is 77.9 Å². The van der Waals surface area contributed by atoms with Crippen LogP contribution in [0.3, 0.4) is 0 Å². The van der Waals surface area contributed by atoms with Gasteiger partial charge in [-0.15, -0.1) is 0 Å². The third kappa shape index (κ3) is 2.62. The average Bonchev–Trinajstić information content (AvgIpc) is 2.95. The molecule has 3 aromatic heterocycles. The van der Waals surface area contributed by atoms with Gasteiger partial charge in [-0.2, -0.15) is 10.2 Å². The Morgan fingerprint density at radius 2 is 2.26 bits per heavy atom. The molecule has 0 aromatic carbocycles. The monoisotopic (exact) mass is 313 g/mol. The lowest BCUT2D eigenvalue weighted by atomic mass is 10.3. The lowest BCUT2D eigenvalue weighted by Gasteiger charge is -2.02. The number of rotatable bonds is 5. The van der Waals surface area contributed by atoms with Crippen LogP contribution in [0.2, 0.25) is 0 Å².